The van der Waals surface area contributed by atoms with Crippen LogP contribution in [-0.4, -0.2) is 34.1 Å². The van der Waals surface area contributed by atoms with Crippen molar-refractivity contribution in [2.24, 2.45) is 0 Å². The third kappa shape index (κ3) is 6.25. The predicted molar refractivity (Wildman–Crippen MR) is 116 cm³/mol. The molecule has 162 valence electrons. The van der Waals surface area contributed by atoms with Crippen molar-refractivity contribution in [1.82, 2.24) is 4.72 Å². The number of fused-ring (bicyclic) bond motifs is 1. The molecule has 2 aromatic rings. The normalized spacial score (nSPS) is 13.1. The van der Waals surface area contributed by atoms with E-state index < -0.39 is 10.0 Å². The van der Waals surface area contributed by atoms with E-state index >= 15 is 0 Å². The van der Waals surface area contributed by atoms with Gasteiger partial charge in [-0.3, -0.25) is 4.79 Å². The molecule has 0 bridgehead atoms. The van der Waals surface area contributed by atoms with Crippen molar-refractivity contribution in [3.63, 3.8) is 0 Å². The minimum absolute atomic E-state index is 0.132. The van der Waals surface area contributed by atoms with E-state index in [0.717, 1.165) is 0 Å². The van der Waals surface area contributed by atoms with Gasteiger partial charge in [0.1, 0.15) is 13.2 Å². The molecule has 1 aliphatic rings. The van der Waals surface area contributed by atoms with Gasteiger partial charge in [-0.25, -0.2) is 13.1 Å². The first kappa shape index (κ1) is 22.7. The van der Waals surface area contributed by atoms with E-state index in [-0.39, 0.29) is 17.3 Å². The highest BCUT2D eigenvalue weighted by molar-refractivity contribution is 7.89. The number of hydrogen-bond acceptors (Lipinski definition) is 5. The third-order valence-corrected chi connectivity index (χ3v) is 6.60. The van der Waals surface area contributed by atoms with Crippen LogP contribution in [0.15, 0.2) is 41.3 Å². The molecular formula is C20H22Cl2N2O5S. The van der Waals surface area contributed by atoms with Crippen LogP contribution in [0.5, 0.6) is 11.5 Å². The molecule has 0 saturated heterocycles. The predicted octanol–water partition coefficient (Wildman–Crippen LogP) is 4.24. The van der Waals surface area contributed by atoms with Crippen LogP contribution in [0.2, 0.25) is 10.0 Å². The highest BCUT2D eigenvalue weighted by Gasteiger charge is 2.18. The molecule has 0 atom stereocenters. The molecule has 1 amide bonds. The smallest absolute Gasteiger partial charge is 0.240 e. The van der Waals surface area contributed by atoms with Crippen molar-refractivity contribution < 1.29 is 22.7 Å². The number of anilines is 1. The lowest BCUT2D eigenvalue weighted by atomic mass is 10.2. The molecule has 0 unspecified atom stereocenters. The number of amides is 1. The van der Waals surface area contributed by atoms with Crippen molar-refractivity contribution in [2.75, 3.05) is 25.1 Å². The Labute approximate surface area is 185 Å². The SMILES string of the molecule is O=C(CCCCCNS(=O)(=O)c1ccc2c(c1)OCCO2)Nc1ccc(Cl)c(Cl)c1. The average Bonchev–Trinajstić information content (AvgIpc) is 2.73. The summed E-state index contributed by atoms with van der Waals surface area (Å²) in [5, 5.41) is 3.56. The van der Waals surface area contributed by atoms with E-state index in [1.807, 2.05) is 0 Å². The summed E-state index contributed by atoms with van der Waals surface area (Å²) in [4.78, 5) is 12.1. The maximum Gasteiger partial charge on any atom is 0.240 e. The Kier molecular flexibility index (Phi) is 7.82. The number of nitrogens with one attached hydrogen (secondary N) is 2. The Balaban J connectivity index is 1.37. The van der Waals surface area contributed by atoms with Crippen LogP contribution in [0.25, 0.3) is 0 Å². The zero-order valence-electron chi connectivity index (χ0n) is 16.1. The number of hydrogen-bond donors (Lipinski definition) is 2. The Morgan fingerprint density at radius 1 is 0.933 bits per heavy atom. The lowest BCUT2D eigenvalue weighted by molar-refractivity contribution is -0.116. The van der Waals surface area contributed by atoms with Gasteiger partial charge in [-0.1, -0.05) is 29.6 Å². The first-order valence-corrected chi connectivity index (χ1v) is 11.7. The number of rotatable bonds is 9. The number of ether oxygens (including phenoxy) is 2. The fraction of sp³-hybridized carbons (Fsp3) is 0.350. The molecule has 0 spiro atoms. The van der Waals surface area contributed by atoms with E-state index in [2.05, 4.69) is 10.0 Å². The van der Waals surface area contributed by atoms with E-state index in [0.29, 0.717) is 66.1 Å². The van der Waals surface area contributed by atoms with E-state index in [1.165, 1.54) is 12.1 Å². The topological polar surface area (TPSA) is 93.7 Å². The van der Waals surface area contributed by atoms with E-state index in [4.69, 9.17) is 32.7 Å². The fourth-order valence-corrected chi connectivity index (χ4v) is 4.25. The molecule has 0 radical (unpaired) electrons. The van der Waals surface area contributed by atoms with Crippen LogP contribution < -0.4 is 19.5 Å². The summed E-state index contributed by atoms with van der Waals surface area (Å²) in [6.07, 6.45) is 2.29. The Morgan fingerprint density at radius 2 is 1.70 bits per heavy atom. The number of halogens is 2. The molecule has 1 heterocycles. The lowest BCUT2D eigenvalue weighted by Crippen LogP contribution is -2.25. The van der Waals surface area contributed by atoms with Gasteiger partial charge in [-0.05, 0) is 43.2 Å². The summed E-state index contributed by atoms with van der Waals surface area (Å²) in [6.45, 7) is 1.12. The molecule has 0 aliphatic carbocycles. The van der Waals surface area contributed by atoms with Crippen molar-refractivity contribution in [2.45, 2.75) is 30.6 Å². The molecule has 0 fully saturated rings. The van der Waals surface area contributed by atoms with E-state index in [9.17, 15) is 13.2 Å². The van der Waals surface area contributed by atoms with Crippen LogP contribution in [0.4, 0.5) is 5.69 Å². The Bertz CT molecular complexity index is 1010. The zero-order valence-corrected chi connectivity index (χ0v) is 18.4. The summed E-state index contributed by atoms with van der Waals surface area (Å²) in [7, 11) is -3.63. The van der Waals surface area contributed by atoms with Gasteiger partial charge in [-0.15, -0.1) is 0 Å². The molecule has 1 aliphatic heterocycles. The van der Waals surface area contributed by atoms with Gasteiger partial charge in [0.05, 0.1) is 14.9 Å². The molecule has 7 nitrogen and oxygen atoms in total. The summed E-state index contributed by atoms with van der Waals surface area (Å²) in [5.74, 6) is 0.835. The number of benzene rings is 2. The van der Waals surface area contributed by atoms with Crippen LogP contribution >= 0.6 is 23.2 Å². The van der Waals surface area contributed by atoms with Crippen LogP contribution in [0.3, 0.4) is 0 Å². The summed E-state index contributed by atoms with van der Waals surface area (Å²) in [5.41, 5.74) is 0.585. The molecule has 30 heavy (non-hydrogen) atoms. The standard InChI is InChI=1S/C20H22Cl2N2O5S/c21-16-7-5-14(12-17(16)22)24-20(25)4-2-1-3-9-23-30(26,27)15-6-8-18-19(13-15)29-11-10-28-18/h5-8,12-13,23H,1-4,9-11H2,(H,24,25). The summed E-state index contributed by atoms with van der Waals surface area (Å²) < 4.78 is 38.2. The number of sulfonamides is 1. The first-order valence-electron chi connectivity index (χ1n) is 9.49. The maximum atomic E-state index is 12.4. The molecular weight excluding hydrogens is 451 g/mol. The second-order valence-corrected chi connectivity index (χ2v) is 9.27. The van der Waals surface area contributed by atoms with Gasteiger partial charge in [0.2, 0.25) is 15.9 Å². The van der Waals surface area contributed by atoms with Crippen LogP contribution in [-0.2, 0) is 14.8 Å². The van der Waals surface area contributed by atoms with Gasteiger partial charge >= 0.3 is 0 Å². The summed E-state index contributed by atoms with van der Waals surface area (Å²) in [6, 6.07) is 9.43. The third-order valence-electron chi connectivity index (χ3n) is 4.40. The Hall–Kier alpha value is -2.00. The number of carbonyl (C=O) groups excluding carboxylic acids is 1. The second kappa shape index (κ2) is 10.3. The summed E-state index contributed by atoms with van der Waals surface area (Å²) >= 11 is 11.8. The minimum atomic E-state index is -3.63. The molecule has 0 saturated carbocycles. The largest absolute Gasteiger partial charge is 0.486 e. The molecule has 0 aromatic heterocycles. The monoisotopic (exact) mass is 472 g/mol. The zero-order chi connectivity index (χ0) is 21.6. The molecule has 2 N–H and O–H groups in total. The quantitative estimate of drug-likeness (QED) is 0.532. The van der Waals surface area contributed by atoms with Crippen molar-refractivity contribution >= 4 is 44.8 Å². The molecule has 2 aromatic carbocycles. The molecule has 3 rings (SSSR count). The first-order chi connectivity index (χ1) is 14.3. The van der Waals surface area contributed by atoms with E-state index in [1.54, 1.807) is 24.3 Å². The van der Waals surface area contributed by atoms with Gasteiger partial charge in [0.15, 0.2) is 11.5 Å². The van der Waals surface area contributed by atoms with Gasteiger partial charge in [0.25, 0.3) is 0 Å². The minimum Gasteiger partial charge on any atom is -0.486 e. The van der Waals surface area contributed by atoms with Gasteiger partial charge < -0.3 is 14.8 Å². The van der Waals surface area contributed by atoms with Crippen LogP contribution in [0, 0.1) is 0 Å². The highest BCUT2D eigenvalue weighted by Crippen LogP contribution is 2.32. The number of carbonyl (C=O) groups is 1. The van der Waals surface area contributed by atoms with Crippen LogP contribution in [0.1, 0.15) is 25.7 Å². The number of unbranched alkanes of at least 4 members (excludes halogenated alkanes) is 2. The fourth-order valence-electron chi connectivity index (χ4n) is 2.87. The highest BCUT2D eigenvalue weighted by atomic mass is 35.5. The lowest BCUT2D eigenvalue weighted by Gasteiger charge is -2.18. The Morgan fingerprint density at radius 3 is 2.47 bits per heavy atom. The average molecular weight is 473 g/mol. The molecule has 10 heteroatoms. The van der Waals surface area contributed by atoms with Gasteiger partial charge in [0, 0.05) is 24.7 Å². The van der Waals surface area contributed by atoms with Crippen molar-refractivity contribution in [3.05, 3.63) is 46.4 Å². The van der Waals surface area contributed by atoms with Gasteiger partial charge in [-0.2, -0.15) is 0 Å². The van der Waals surface area contributed by atoms with Crippen molar-refractivity contribution in [1.29, 1.82) is 0 Å². The van der Waals surface area contributed by atoms with Crippen molar-refractivity contribution in [3.8, 4) is 11.5 Å². The second-order valence-electron chi connectivity index (χ2n) is 6.69. The maximum absolute atomic E-state index is 12.4.